The molecule has 0 aromatic heterocycles. The molecule has 1 aromatic carbocycles. The maximum absolute atomic E-state index is 12.4. The van der Waals surface area contributed by atoms with E-state index in [4.69, 9.17) is 17.4 Å². The van der Waals surface area contributed by atoms with Gasteiger partial charge in [-0.1, -0.05) is 11.6 Å². The molecular formula is C12H15ClN4O2. The Morgan fingerprint density at radius 1 is 1.47 bits per heavy atom. The summed E-state index contributed by atoms with van der Waals surface area (Å²) in [5, 5.41) is 3.17. The first-order chi connectivity index (χ1) is 9.11. The second-order valence-electron chi connectivity index (χ2n) is 4.26. The smallest absolute Gasteiger partial charge is 0.256 e. The molecule has 0 unspecified atom stereocenters. The van der Waals surface area contributed by atoms with Gasteiger partial charge in [-0.3, -0.25) is 15.4 Å². The topological polar surface area (TPSA) is 87.5 Å². The van der Waals surface area contributed by atoms with E-state index in [9.17, 15) is 9.59 Å². The van der Waals surface area contributed by atoms with Crippen LogP contribution in [-0.4, -0.2) is 36.3 Å². The average molecular weight is 283 g/mol. The van der Waals surface area contributed by atoms with Gasteiger partial charge < -0.3 is 15.6 Å². The highest BCUT2D eigenvalue weighted by atomic mass is 35.5. The fourth-order valence-corrected chi connectivity index (χ4v) is 2.14. The Bertz CT molecular complexity index is 507. The number of nitrogens with one attached hydrogen (secondary N) is 2. The lowest BCUT2D eigenvalue weighted by Crippen LogP contribution is -2.37. The number of nitrogens with zero attached hydrogens (tertiary/aromatic N) is 1. The van der Waals surface area contributed by atoms with Crippen molar-refractivity contribution in [1.82, 2.24) is 10.2 Å². The van der Waals surface area contributed by atoms with Crippen molar-refractivity contribution < 1.29 is 9.59 Å². The van der Waals surface area contributed by atoms with Gasteiger partial charge in [0.25, 0.3) is 5.91 Å². The van der Waals surface area contributed by atoms with Gasteiger partial charge in [0.05, 0.1) is 17.8 Å². The number of halogens is 1. The van der Waals surface area contributed by atoms with Crippen LogP contribution in [0.2, 0.25) is 5.02 Å². The van der Waals surface area contributed by atoms with Gasteiger partial charge in [-0.05, 0) is 24.6 Å². The van der Waals surface area contributed by atoms with Gasteiger partial charge in [0.2, 0.25) is 5.91 Å². The zero-order chi connectivity index (χ0) is 13.8. The zero-order valence-corrected chi connectivity index (χ0v) is 11.0. The highest BCUT2D eigenvalue weighted by Crippen LogP contribution is 2.21. The highest BCUT2D eigenvalue weighted by Gasteiger charge is 2.23. The van der Waals surface area contributed by atoms with Gasteiger partial charge in [0.1, 0.15) is 0 Å². The van der Waals surface area contributed by atoms with Gasteiger partial charge in [-0.25, -0.2) is 0 Å². The monoisotopic (exact) mass is 282 g/mol. The molecule has 1 fully saturated rings. The highest BCUT2D eigenvalue weighted by molar-refractivity contribution is 6.31. The van der Waals surface area contributed by atoms with Crippen molar-refractivity contribution in [3.05, 3.63) is 28.8 Å². The largest absolute Gasteiger partial charge is 0.354 e. The van der Waals surface area contributed by atoms with Crippen molar-refractivity contribution in [2.24, 2.45) is 5.84 Å². The van der Waals surface area contributed by atoms with Crippen LogP contribution in [0.25, 0.3) is 0 Å². The molecule has 0 spiro atoms. The van der Waals surface area contributed by atoms with Crippen molar-refractivity contribution in [3.63, 3.8) is 0 Å². The third kappa shape index (κ3) is 3.15. The normalized spacial score (nSPS) is 15.7. The maximum atomic E-state index is 12.4. The third-order valence-corrected chi connectivity index (χ3v) is 3.15. The first-order valence-electron chi connectivity index (χ1n) is 5.94. The van der Waals surface area contributed by atoms with Crippen LogP contribution < -0.4 is 16.6 Å². The number of hydrogen-bond donors (Lipinski definition) is 3. The zero-order valence-electron chi connectivity index (χ0n) is 10.3. The van der Waals surface area contributed by atoms with E-state index < -0.39 is 0 Å². The van der Waals surface area contributed by atoms with Crippen LogP contribution >= 0.6 is 11.6 Å². The average Bonchev–Trinajstić information content (AvgIpc) is 2.62. The molecule has 1 saturated heterocycles. The Morgan fingerprint density at radius 3 is 3.00 bits per heavy atom. The molecule has 2 rings (SSSR count). The Hall–Kier alpha value is -1.79. The van der Waals surface area contributed by atoms with Crippen LogP contribution in [0.4, 0.5) is 5.69 Å². The van der Waals surface area contributed by atoms with Crippen molar-refractivity contribution >= 4 is 29.1 Å². The number of amides is 2. The van der Waals surface area contributed by atoms with Crippen LogP contribution in [0.1, 0.15) is 16.8 Å². The predicted octanol–water partition coefficient (Wildman–Crippen LogP) is 0.588. The Labute approximate surface area is 115 Å². The van der Waals surface area contributed by atoms with Gasteiger partial charge >= 0.3 is 0 Å². The number of anilines is 1. The summed E-state index contributed by atoms with van der Waals surface area (Å²) >= 11 is 5.90. The minimum atomic E-state index is -0.257. The summed E-state index contributed by atoms with van der Waals surface area (Å²) in [6.07, 6.45) is 0.726. The van der Waals surface area contributed by atoms with E-state index in [1.807, 2.05) is 0 Å². The minimum absolute atomic E-state index is 0.0510. The molecule has 0 saturated carbocycles. The van der Waals surface area contributed by atoms with E-state index in [1.54, 1.807) is 18.2 Å². The van der Waals surface area contributed by atoms with Gasteiger partial charge in [0.15, 0.2) is 0 Å². The van der Waals surface area contributed by atoms with E-state index >= 15 is 0 Å². The van der Waals surface area contributed by atoms with Crippen LogP contribution in [0.3, 0.4) is 0 Å². The second kappa shape index (κ2) is 5.90. The molecule has 0 bridgehead atoms. The molecule has 1 aliphatic heterocycles. The Kier molecular flexibility index (Phi) is 4.24. The van der Waals surface area contributed by atoms with Crippen LogP contribution in [0, 0.1) is 0 Å². The van der Waals surface area contributed by atoms with E-state index in [-0.39, 0.29) is 18.4 Å². The summed E-state index contributed by atoms with van der Waals surface area (Å²) in [7, 11) is 0. The van der Waals surface area contributed by atoms with Crippen molar-refractivity contribution in [3.8, 4) is 0 Å². The summed E-state index contributed by atoms with van der Waals surface area (Å²) in [4.78, 5) is 25.4. The van der Waals surface area contributed by atoms with Crippen molar-refractivity contribution in [2.45, 2.75) is 6.42 Å². The molecular weight excluding hydrogens is 268 g/mol. The lowest BCUT2D eigenvalue weighted by molar-refractivity contribution is -0.121. The number of nitrogens with two attached hydrogens (primary N) is 1. The summed E-state index contributed by atoms with van der Waals surface area (Å²) in [5.74, 6) is 4.97. The van der Waals surface area contributed by atoms with Crippen molar-refractivity contribution in [1.29, 1.82) is 0 Å². The maximum Gasteiger partial charge on any atom is 0.256 e. The first kappa shape index (κ1) is 13.6. The number of hydrogen-bond acceptors (Lipinski definition) is 4. The fraction of sp³-hybridized carbons (Fsp3) is 0.333. The van der Waals surface area contributed by atoms with Gasteiger partial charge in [-0.15, -0.1) is 0 Å². The molecule has 1 aliphatic rings. The number of carbonyl (C=O) groups excluding carboxylic acids is 2. The number of benzene rings is 1. The molecule has 102 valence electrons. The molecule has 2 amide bonds. The molecule has 1 heterocycles. The SMILES string of the molecule is NNc1ccc(Cl)cc1C(=O)N1CCCNC(=O)C1. The summed E-state index contributed by atoms with van der Waals surface area (Å²) < 4.78 is 0. The summed E-state index contributed by atoms with van der Waals surface area (Å²) in [5.41, 5.74) is 3.31. The number of rotatable bonds is 2. The molecule has 4 N–H and O–H groups in total. The standard InChI is InChI=1S/C12H15ClN4O2/c13-8-2-3-10(16-14)9(6-8)12(19)17-5-1-4-15-11(18)7-17/h2-3,6,16H,1,4-5,7,14H2,(H,15,18). The third-order valence-electron chi connectivity index (χ3n) is 2.92. The van der Waals surface area contributed by atoms with E-state index in [2.05, 4.69) is 10.7 Å². The minimum Gasteiger partial charge on any atom is -0.354 e. The van der Waals surface area contributed by atoms with Crippen LogP contribution in [-0.2, 0) is 4.79 Å². The lowest BCUT2D eigenvalue weighted by Gasteiger charge is -2.20. The second-order valence-corrected chi connectivity index (χ2v) is 4.70. The fourth-order valence-electron chi connectivity index (χ4n) is 1.97. The molecule has 0 aliphatic carbocycles. The summed E-state index contributed by atoms with van der Waals surface area (Å²) in [6.45, 7) is 1.16. The summed E-state index contributed by atoms with van der Waals surface area (Å²) in [6, 6.07) is 4.82. The number of hydrazine groups is 1. The van der Waals surface area contributed by atoms with E-state index in [0.29, 0.717) is 29.4 Å². The molecule has 0 radical (unpaired) electrons. The molecule has 0 atom stereocenters. The van der Waals surface area contributed by atoms with Crippen LogP contribution in [0.15, 0.2) is 18.2 Å². The molecule has 6 nitrogen and oxygen atoms in total. The van der Waals surface area contributed by atoms with Crippen molar-refractivity contribution in [2.75, 3.05) is 25.1 Å². The Morgan fingerprint density at radius 2 is 2.26 bits per heavy atom. The molecule has 1 aromatic rings. The number of carbonyl (C=O) groups is 2. The molecule has 7 heteroatoms. The predicted molar refractivity (Wildman–Crippen MR) is 72.8 cm³/mol. The van der Waals surface area contributed by atoms with Gasteiger partial charge in [-0.2, -0.15) is 0 Å². The Balaban J connectivity index is 2.27. The van der Waals surface area contributed by atoms with E-state index in [0.717, 1.165) is 6.42 Å². The number of nitrogen functional groups attached to an aromatic ring is 1. The quantitative estimate of drug-likeness (QED) is 0.547. The van der Waals surface area contributed by atoms with Gasteiger partial charge in [0, 0.05) is 18.1 Å². The lowest BCUT2D eigenvalue weighted by atomic mass is 10.1. The first-order valence-corrected chi connectivity index (χ1v) is 6.32. The molecule has 19 heavy (non-hydrogen) atoms. The van der Waals surface area contributed by atoms with E-state index in [1.165, 1.54) is 4.90 Å². The van der Waals surface area contributed by atoms with Crippen LogP contribution in [0.5, 0.6) is 0 Å².